The Morgan fingerprint density at radius 2 is 2.50 bits per heavy atom. The highest BCUT2D eigenvalue weighted by Crippen LogP contribution is 2.13. The summed E-state index contributed by atoms with van der Waals surface area (Å²) in [5.74, 6) is 0.411. The molecule has 1 unspecified atom stereocenters. The lowest BCUT2D eigenvalue weighted by atomic mass is 10.1. The summed E-state index contributed by atoms with van der Waals surface area (Å²) in [6, 6.07) is 0. The summed E-state index contributed by atoms with van der Waals surface area (Å²) in [5.41, 5.74) is 1.22. The maximum absolute atomic E-state index is 4.05. The zero-order valence-electron chi connectivity index (χ0n) is 6.41. The van der Waals surface area contributed by atoms with Crippen molar-refractivity contribution in [2.45, 2.75) is 12.8 Å². The summed E-state index contributed by atoms with van der Waals surface area (Å²) in [6.07, 6.45) is 5.79. The summed E-state index contributed by atoms with van der Waals surface area (Å²) in [4.78, 5) is 0. The lowest BCUT2D eigenvalue weighted by molar-refractivity contribution is 0.766. The fourth-order valence-electron chi connectivity index (χ4n) is 0.811. The van der Waals surface area contributed by atoms with E-state index >= 15 is 0 Å². The molecule has 10 heavy (non-hydrogen) atoms. The third kappa shape index (κ3) is 1.26. The van der Waals surface area contributed by atoms with Crippen LogP contribution in [-0.4, -0.2) is 9.78 Å². The van der Waals surface area contributed by atoms with Gasteiger partial charge in [-0.25, -0.2) is 0 Å². The molecule has 0 amide bonds. The van der Waals surface area contributed by atoms with Crippen LogP contribution in [0.25, 0.3) is 0 Å². The maximum Gasteiger partial charge on any atom is 0.0527 e. The number of aromatic nitrogens is 2. The molecule has 0 radical (unpaired) electrons. The van der Waals surface area contributed by atoms with Crippen LogP contribution in [0.5, 0.6) is 0 Å². The Labute approximate surface area is 61.2 Å². The number of aryl methyl sites for hydroxylation is 1. The highest BCUT2D eigenvalue weighted by Gasteiger charge is 2.00. The number of hydrogen-bond acceptors (Lipinski definition) is 1. The van der Waals surface area contributed by atoms with E-state index in [1.54, 1.807) is 4.68 Å². The molecule has 0 aliphatic heterocycles. The Hall–Kier alpha value is -1.05. The predicted molar refractivity (Wildman–Crippen MR) is 41.8 cm³/mol. The van der Waals surface area contributed by atoms with Crippen LogP contribution in [-0.2, 0) is 7.05 Å². The lowest BCUT2D eigenvalue weighted by Gasteiger charge is -1.98. The SMILES string of the molecule is C=CC(C)c1cnn(C)c1. The van der Waals surface area contributed by atoms with Crippen LogP contribution in [0, 0.1) is 0 Å². The first-order valence-corrected chi connectivity index (χ1v) is 3.35. The average molecular weight is 136 g/mol. The maximum atomic E-state index is 4.05. The molecule has 0 saturated carbocycles. The average Bonchev–Trinajstić information content (AvgIpc) is 2.34. The van der Waals surface area contributed by atoms with E-state index in [0.717, 1.165) is 0 Å². The number of hydrogen-bond donors (Lipinski definition) is 0. The van der Waals surface area contributed by atoms with Crippen LogP contribution < -0.4 is 0 Å². The fourth-order valence-corrected chi connectivity index (χ4v) is 0.811. The van der Waals surface area contributed by atoms with Crippen molar-refractivity contribution in [3.8, 4) is 0 Å². The molecule has 0 aliphatic carbocycles. The van der Waals surface area contributed by atoms with Crippen molar-refractivity contribution in [1.29, 1.82) is 0 Å². The molecule has 1 rings (SSSR count). The molecule has 0 fully saturated rings. The molecule has 0 aliphatic rings. The van der Waals surface area contributed by atoms with Gasteiger partial charge in [-0.3, -0.25) is 4.68 Å². The van der Waals surface area contributed by atoms with Gasteiger partial charge in [-0.1, -0.05) is 13.0 Å². The molecular formula is C8H12N2. The third-order valence-electron chi connectivity index (χ3n) is 1.60. The van der Waals surface area contributed by atoms with Gasteiger partial charge in [0.05, 0.1) is 6.20 Å². The number of nitrogens with zero attached hydrogens (tertiary/aromatic N) is 2. The molecule has 1 aromatic rings. The fraction of sp³-hybridized carbons (Fsp3) is 0.375. The van der Waals surface area contributed by atoms with E-state index in [1.165, 1.54) is 5.56 Å². The van der Waals surface area contributed by atoms with Crippen molar-refractivity contribution in [1.82, 2.24) is 9.78 Å². The van der Waals surface area contributed by atoms with Crippen molar-refractivity contribution >= 4 is 0 Å². The van der Waals surface area contributed by atoms with E-state index in [0.29, 0.717) is 5.92 Å². The first-order chi connectivity index (χ1) is 4.74. The molecule has 54 valence electrons. The minimum Gasteiger partial charge on any atom is -0.276 e. The Morgan fingerprint density at radius 3 is 2.90 bits per heavy atom. The molecule has 0 N–H and O–H groups in total. The molecule has 0 spiro atoms. The highest BCUT2D eigenvalue weighted by molar-refractivity contribution is 5.14. The van der Waals surface area contributed by atoms with Gasteiger partial charge in [0, 0.05) is 19.2 Å². The highest BCUT2D eigenvalue weighted by atomic mass is 15.2. The van der Waals surface area contributed by atoms with Crippen LogP contribution in [0.4, 0.5) is 0 Å². The second-order valence-electron chi connectivity index (χ2n) is 2.47. The van der Waals surface area contributed by atoms with Crippen molar-refractivity contribution in [2.75, 3.05) is 0 Å². The molecular weight excluding hydrogens is 124 g/mol. The van der Waals surface area contributed by atoms with Crippen molar-refractivity contribution < 1.29 is 0 Å². The number of allylic oxidation sites excluding steroid dienone is 1. The topological polar surface area (TPSA) is 17.8 Å². The van der Waals surface area contributed by atoms with Gasteiger partial charge in [0.15, 0.2) is 0 Å². The normalized spacial score (nSPS) is 13.0. The standard InChI is InChI=1S/C8H12N2/c1-4-7(2)8-5-9-10(3)6-8/h4-7H,1H2,2-3H3. The number of rotatable bonds is 2. The van der Waals surface area contributed by atoms with Crippen LogP contribution in [0.3, 0.4) is 0 Å². The Bertz CT molecular complexity index is 225. The second kappa shape index (κ2) is 2.69. The summed E-state index contributed by atoms with van der Waals surface area (Å²) < 4.78 is 1.80. The molecule has 1 aromatic heterocycles. The molecule has 0 bridgehead atoms. The van der Waals surface area contributed by atoms with Gasteiger partial charge in [0.2, 0.25) is 0 Å². The van der Waals surface area contributed by atoms with E-state index in [4.69, 9.17) is 0 Å². The van der Waals surface area contributed by atoms with Crippen molar-refractivity contribution in [2.24, 2.45) is 7.05 Å². The summed E-state index contributed by atoms with van der Waals surface area (Å²) in [5, 5.41) is 4.05. The van der Waals surface area contributed by atoms with Gasteiger partial charge >= 0.3 is 0 Å². The molecule has 2 heteroatoms. The molecule has 0 aromatic carbocycles. The smallest absolute Gasteiger partial charge is 0.0527 e. The molecule has 2 nitrogen and oxygen atoms in total. The van der Waals surface area contributed by atoms with Gasteiger partial charge < -0.3 is 0 Å². The Kier molecular flexibility index (Phi) is 1.90. The van der Waals surface area contributed by atoms with E-state index in [-0.39, 0.29) is 0 Å². The van der Waals surface area contributed by atoms with Crippen LogP contribution >= 0.6 is 0 Å². The largest absolute Gasteiger partial charge is 0.276 e. The van der Waals surface area contributed by atoms with Gasteiger partial charge in [-0.05, 0) is 5.56 Å². The summed E-state index contributed by atoms with van der Waals surface area (Å²) in [6.45, 7) is 5.81. The zero-order chi connectivity index (χ0) is 7.56. The summed E-state index contributed by atoms with van der Waals surface area (Å²) >= 11 is 0. The van der Waals surface area contributed by atoms with Gasteiger partial charge in [0.25, 0.3) is 0 Å². The minimum atomic E-state index is 0.411. The third-order valence-corrected chi connectivity index (χ3v) is 1.60. The summed E-state index contributed by atoms with van der Waals surface area (Å²) in [7, 11) is 1.92. The van der Waals surface area contributed by atoms with E-state index in [9.17, 15) is 0 Å². The Morgan fingerprint density at radius 1 is 1.80 bits per heavy atom. The van der Waals surface area contributed by atoms with Gasteiger partial charge in [-0.15, -0.1) is 6.58 Å². The quantitative estimate of drug-likeness (QED) is 0.566. The van der Waals surface area contributed by atoms with Gasteiger partial charge in [0.1, 0.15) is 0 Å². The van der Waals surface area contributed by atoms with E-state index in [1.807, 2.05) is 25.5 Å². The Balaban J connectivity index is 2.84. The van der Waals surface area contributed by atoms with Crippen molar-refractivity contribution in [3.63, 3.8) is 0 Å². The molecule has 1 heterocycles. The minimum absolute atomic E-state index is 0.411. The molecule has 1 atom stereocenters. The van der Waals surface area contributed by atoms with Crippen LogP contribution in [0.1, 0.15) is 18.4 Å². The van der Waals surface area contributed by atoms with Crippen LogP contribution in [0.2, 0.25) is 0 Å². The van der Waals surface area contributed by atoms with Crippen LogP contribution in [0.15, 0.2) is 25.0 Å². The first-order valence-electron chi connectivity index (χ1n) is 3.35. The van der Waals surface area contributed by atoms with E-state index in [2.05, 4.69) is 18.6 Å². The van der Waals surface area contributed by atoms with E-state index < -0.39 is 0 Å². The second-order valence-corrected chi connectivity index (χ2v) is 2.47. The van der Waals surface area contributed by atoms with Crippen molar-refractivity contribution in [3.05, 3.63) is 30.6 Å². The molecule has 0 saturated heterocycles. The predicted octanol–water partition coefficient (Wildman–Crippen LogP) is 1.71. The van der Waals surface area contributed by atoms with Gasteiger partial charge in [-0.2, -0.15) is 5.10 Å². The first kappa shape index (κ1) is 7.06. The zero-order valence-corrected chi connectivity index (χ0v) is 6.41. The lowest BCUT2D eigenvalue weighted by Crippen LogP contribution is -1.86. The monoisotopic (exact) mass is 136 g/mol.